The van der Waals surface area contributed by atoms with Gasteiger partial charge in [-0.15, -0.1) is 0 Å². The molecule has 0 aliphatic carbocycles. The van der Waals surface area contributed by atoms with Crippen LogP contribution in [0, 0.1) is 5.92 Å². The second-order valence-corrected chi connectivity index (χ2v) is 3.96. The summed E-state index contributed by atoms with van der Waals surface area (Å²) in [7, 11) is 3.30. The minimum atomic E-state index is -0.0574. The lowest BCUT2D eigenvalue weighted by Crippen LogP contribution is -2.27. The Labute approximate surface area is 94.3 Å². The van der Waals surface area contributed by atoms with E-state index in [1.807, 2.05) is 0 Å². The van der Waals surface area contributed by atoms with E-state index in [1.54, 1.807) is 25.0 Å². The van der Waals surface area contributed by atoms with Gasteiger partial charge in [0.25, 0.3) is 0 Å². The van der Waals surface area contributed by atoms with Crippen LogP contribution in [0.15, 0.2) is 6.20 Å². The summed E-state index contributed by atoms with van der Waals surface area (Å²) in [4.78, 5) is 12.2. The molecular formula is C11H16N2O3. The lowest BCUT2D eigenvalue weighted by molar-refractivity contribution is 0.0453. The molecule has 16 heavy (non-hydrogen) atoms. The summed E-state index contributed by atoms with van der Waals surface area (Å²) in [5.41, 5.74) is 0.540. The topological polar surface area (TPSA) is 53.4 Å². The fourth-order valence-corrected chi connectivity index (χ4v) is 1.99. The summed E-state index contributed by atoms with van der Waals surface area (Å²) in [5, 5.41) is 4.03. The van der Waals surface area contributed by atoms with E-state index in [4.69, 9.17) is 9.47 Å². The number of ketones is 1. The van der Waals surface area contributed by atoms with Crippen LogP contribution in [0.2, 0.25) is 0 Å². The Morgan fingerprint density at radius 2 is 2.50 bits per heavy atom. The number of rotatable bonds is 3. The van der Waals surface area contributed by atoms with E-state index in [2.05, 4.69) is 5.10 Å². The quantitative estimate of drug-likeness (QED) is 0.720. The van der Waals surface area contributed by atoms with E-state index in [0.29, 0.717) is 18.1 Å². The average Bonchev–Trinajstić information content (AvgIpc) is 2.70. The first-order valence-electron chi connectivity index (χ1n) is 5.42. The van der Waals surface area contributed by atoms with Gasteiger partial charge in [0.15, 0.2) is 11.5 Å². The van der Waals surface area contributed by atoms with Crippen LogP contribution in [0.4, 0.5) is 0 Å². The van der Waals surface area contributed by atoms with Gasteiger partial charge in [-0.2, -0.15) is 5.10 Å². The third-order valence-corrected chi connectivity index (χ3v) is 2.89. The van der Waals surface area contributed by atoms with Gasteiger partial charge in [-0.05, 0) is 12.8 Å². The Kier molecular flexibility index (Phi) is 3.24. The first kappa shape index (κ1) is 11.1. The predicted octanol–water partition coefficient (Wildman–Crippen LogP) is 1.04. The number of hydrogen-bond donors (Lipinski definition) is 0. The number of aryl methyl sites for hydroxylation is 1. The van der Waals surface area contributed by atoms with Crippen molar-refractivity contribution in [2.24, 2.45) is 13.0 Å². The van der Waals surface area contributed by atoms with E-state index in [9.17, 15) is 4.79 Å². The minimum absolute atomic E-state index is 0.0574. The van der Waals surface area contributed by atoms with Gasteiger partial charge in [0.05, 0.1) is 19.9 Å². The standard InChI is InChI=1S/C11H16N2O3/c1-13-10(9(15-2)6-12-13)11(14)8-4-3-5-16-7-8/h6,8H,3-5,7H2,1-2H3. The van der Waals surface area contributed by atoms with Crippen molar-refractivity contribution in [2.75, 3.05) is 20.3 Å². The van der Waals surface area contributed by atoms with Crippen molar-refractivity contribution >= 4 is 5.78 Å². The van der Waals surface area contributed by atoms with Gasteiger partial charge in [0.1, 0.15) is 5.69 Å². The molecule has 88 valence electrons. The molecule has 5 nitrogen and oxygen atoms in total. The van der Waals surface area contributed by atoms with Crippen molar-refractivity contribution in [1.82, 2.24) is 9.78 Å². The van der Waals surface area contributed by atoms with Gasteiger partial charge in [0, 0.05) is 19.6 Å². The number of Topliss-reactive ketones (excluding diaryl/α,β-unsaturated/α-hetero) is 1. The molecule has 2 heterocycles. The van der Waals surface area contributed by atoms with E-state index < -0.39 is 0 Å². The van der Waals surface area contributed by atoms with Gasteiger partial charge in [-0.3, -0.25) is 9.48 Å². The maximum atomic E-state index is 12.2. The zero-order valence-corrected chi connectivity index (χ0v) is 9.60. The lowest BCUT2D eigenvalue weighted by atomic mass is 9.95. The lowest BCUT2D eigenvalue weighted by Gasteiger charge is -2.21. The molecule has 1 aliphatic rings. The summed E-state index contributed by atoms with van der Waals surface area (Å²) in [6.07, 6.45) is 3.39. The summed E-state index contributed by atoms with van der Waals surface area (Å²) in [5.74, 6) is 0.549. The number of carbonyl (C=O) groups is 1. The van der Waals surface area contributed by atoms with Crippen molar-refractivity contribution in [3.8, 4) is 5.75 Å². The van der Waals surface area contributed by atoms with Gasteiger partial charge >= 0.3 is 0 Å². The number of carbonyl (C=O) groups excluding carboxylic acids is 1. The van der Waals surface area contributed by atoms with Crippen molar-refractivity contribution in [3.05, 3.63) is 11.9 Å². The molecule has 5 heteroatoms. The Morgan fingerprint density at radius 3 is 3.12 bits per heavy atom. The van der Waals surface area contributed by atoms with E-state index >= 15 is 0 Å². The monoisotopic (exact) mass is 224 g/mol. The number of nitrogens with zero attached hydrogens (tertiary/aromatic N) is 2. The Bertz CT molecular complexity index is 381. The smallest absolute Gasteiger partial charge is 0.190 e. The fourth-order valence-electron chi connectivity index (χ4n) is 1.99. The van der Waals surface area contributed by atoms with Crippen LogP contribution in [0.25, 0.3) is 0 Å². The molecule has 1 unspecified atom stereocenters. The third-order valence-electron chi connectivity index (χ3n) is 2.89. The fraction of sp³-hybridized carbons (Fsp3) is 0.636. The van der Waals surface area contributed by atoms with Crippen LogP contribution in [-0.4, -0.2) is 35.9 Å². The normalized spacial score (nSPS) is 20.8. The Balaban J connectivity index is 2.21. The number of hydrogen-bond acceptors (Lipinski definition) is 4. The van der Waals surface area contributed by atoms with E-state index in [0.717, 1.165) is 19.4 Å². The molecule has 1 aromatic rings. The summed E-state index contributed by atoms with van der Waals surface area (Å²) < 4.78 is 12.0. The van der Waals surface area contributed by atoms with E-state index in [1.165, 1.54) is 0 Å². The highest BCUT2D eigenvalue weighted by Crippen LogP contribution is 2.24. The highest BCUT2D eigenvalue weighted by Gasteiger charge is 2.27. The van der Waals surface area contributed by atoms with E-state index in [-0.39, 0.29) is 11.7 Å². The SMILES string of the molecule is COc1cnn(C)c1C(=O)C1CCCOC1. The predicted molar refractivity (Wildman–Crippen MR) is 57.6 cm³/mol. The first-order valence-corrected chi connectivity index (χ1v) is 5.42. The minimum Gasteiger partial charge on any atom is -0.493 e. The summed E-state index contributed by atoms with van der Waals surface area (Å²) in [6.45, 7) is 1.26. The molecule has 1 fully saturated rings. The zero-order valence-electron chi connectivity index (χ0n) is 9.60. The highest BCUT2D eigenvalue weighted by atomic mass is 16.5. The Morgan fingerprint density at radius 1 is 1.69 bits per heavy atom. The van der Waals surface area contributed by atoms with Gasteiger partial charge in [-0.1, -0.05) is 0 Å². The van der Waals surface area contributed by atoms with Crippen molar-refractivity contribution in [3.63, 3.8) is 0 Å². The molecule has 1 saturated heterocycles. The number of ether oxygens (including phenoxy) is 2. The first-order chi connectivity index (χ1) is 7.74. The Hall–Kier alpha value is -1.36. The van der Waals surface area contributed by atoms with Crippen molar-refractivity contribution in [2.45, 2.75) is 12.8 Å². The van der Waals surface area contributed by atoms with Crippen molar-refractivity contribution in [1.29, 1.82) is 0 Å². The van der Waals surface area contributed by atoms with Crippen LogP contribution in [0.3, 0.4) is 0 Å². The molecular weight excluding hydrogens is 208 g/mol. The second-order valence-electron chi connectivity index (χ2n) is 3.96. The van der Waals surface area contributed by atoms with Gasteiger partial charge in [0.2, 0.25) is 0 Å². The maximum Gasteiger partial charge on any atom is 0.190 e. The molecule has 0 spiro atoms. The largest absolute Gasteiger partial charge is 0.493 e. The zero-order chi connectivity index (χ0) is 11.5. The summed E-state index contributed by atoms with van der Waals surface area (Å²) >= 11 is 0. The van der Waals surface area contributed by atoms with Crippen LogP contribution in [-0.2, 0) is 11.8 Å². The van der Waals surface area contributed by atoms with Crippen LogP contribution < -0.4 is 4.74 Å². The van der Waals surface area contributed by atoms with Gasteiger partial charge in [-0.25, -0.2) is 0 Å². The summed E-state index contributed by atoms with van der Waals surface area (Å²) in [6, 6.07) is 0. The molecule has 1 aliphatic heterocycles. The molecule has 0 bridgehead atoms. The van der Waals surface area contributed by atoms with Crippen LogP contribution in [0.5, 0.6) is 5.75 Å². The van der Waals surface area contributed by atoms with Crippen LogP contribution in [0.1, 0.15) is 23.3 Å². The molecule has 0 radical (unpaired) electrons. The number of aromatic nitrogens is 2. The molecule has 0 aromatic carbocycles. The molecule has 0 amide bonds. The maximum absolute atomic E-state index is 12.2. The molecule has 0 N–H and O–H groups in total. The second kappa shape index (κ2) is 4.65. The van der Waals surface area contributed by atoms with Crippen molar-refractivity contribution < 1.29 is 14.3 Å². The average molecular weight is 224 g/mol. The molecule has 0 saturated carbocycles. The van der Waals surface area contributed by atoms with Crippen LogP contribution >= 0.6 is 0 Å². The molecule has 1 atom stereocenters. The molecule has 2 rings (SSSR count). The number of methoxy groups -OCH3 is 1. The third kappa shape index (κ3) is 1.95. The van der Waals surface area contributed by atoms with Gasteiger partial charge < -0.3 is 9.47 Å². The molecule has 1 aromatic heterocycles. The highest BCUT2D eigenvalue weighted by molar-refractivity contribution is 5.98.